The molecule has 3 aromatic rings. The summed E-state index contributed by atoms with van der Waals surface area (Å²) in [5, 5.41) is 14.1. The number of hydrogen-bond donors (Lipinski definition) is 2. The van der Waals surface area contributed by atoms with Crippen LogP contribution in [0.15, 0.2) is 18.5 Å². The normalized spacial score (nSPS) is 17.1. The second-order valence-electron chi connectivity index (χ2n) is 11.1. The van der Waals surface area contributed by atoms with Gasteiger partial charge in [-0.15, -0.1) is 10.2 Å². The van der Waals surface area contributed by atoms with Crippen molar-refractivity contribution in [1.29, 1.82) is 0 Å². The largest absolute Gasteiger partial charge is 0.384 e. The van der Waals surface area contributed by atoms with E-state index < -0.39 is 11.8 Å². The molecule has 12 heteroatoms. The minimum Gasteiger partial charge on any atom is -0.384 e. The number of piperidine rings is 1. The van der Waals surface area contributed by atoms with Gasteiger partial charge in [-0.1, -0.05) is 25.2 Å². The summed E-state index contributed by atoms with van der Waals surface area (Å²) in [5.41, 5.74) is 2.59. The van der Waals surface area contributed by atoms with Crippen molar-refractivity contribution >= 4 is 34.6 Å². The molecule has 39 heavy (non-hydrogen) atoms. The number of aromatic nitrogens is 5. The number of nitrogens with one attached hydrogen (secondary N) is 2. The molecular weight excluding hydrogens is 522 g/mol. The van der Waals surface area contributed by atoms with E-state index in [9.17, 15) is 13.6 Å². The number of hydrogen-bond acceptors (Lipinski definition) is 9. The van der Waals surface area contributed by atoms with E-state index in [0.717, 1.165) is 79.4 Å². The van der Waals surface area contributed by atoms with Crippen LogP contribution in [0.3, 0.4) is 0 Å². The van der Waals surface area contributed by atoms with E-state index >= 15 is 0 Å². The fraction of sp³-hybridized carbons (Fsp3) is 0.556. The summed E-state index contributed by atoms with van der Waals surface area (Å²) in [6, 6.07) is 3.81. The van der Waals surface area contributed by atoms with Crippen molar-refractivity contribution in [1.82, 2.24) is 25.1 Å². The van der Waals surface area contributed by atoms with Gasteiger partial charge in [-0.3, -0.25) is 4.79 Å². The van der Waals surface area contributed by atoms with Crippen LogP contribution in [0.2, 0.25) is 0 Å². The predicted molar refractivity (Wildman–Crippen MR) is 149 cm³/mol. The van der Waals surface area contributed by atoms with E-state index in [4.69, 9.17) is 4.98 Å². The number of rotatable bonds is 9. The van der Waals surface area contributed by atoms with Crippen LogP contribution in [0.5, 0.6) is 0 Å². The fourth-order valence-electron chi connectivity index (χ4n) is 5.24. The molecule has 1 amide bonds. The first-order valence-electron chi connectivity index (χ1n) is 13.4. The van der Waals surface area contributed by atoms with E-state index in [1.165, 1.54) is 6.33 Å². The number of fused-ring (bicyclic) bond motifs is 1. The number of carbonyl (C=O) groups is 1. The standard InChI is InChI=1S/C27H34F2N8OS/c1-15(2)6-5-11-30-17-7-8-18(24-35-36-25(39-24)21(28)29)33-20(17)16-9-12-37(13-10-16)23-19-22(31-14-32-23)34-26(38)27(19,3)4/h7-8,14-16,21,30H,5-6,9-13H2,1-4H3,(H,31,32,34,38). The highest BCUT2D eigenvalue weighted by Crippen LogP contribution is 2.43. The Morgan fingerprint density at radius 3 is 2.64 bits per heavy atom. The van der Waals surface area contributed by atoms with Gasteiger partial charge < -0.3 is 15.5 Å². The first-order valence-corrected chi connectivity index (χ1v) is 14.3. The molecule has 208 valence electrons. The number of carbonyl (C=O) groups excluding carboxylic acids is 1. The summed E-state index contributed by atoms with van der Waals surface area (Å²) < 4.78 is 26.3. The summed E-state index contributed by atoms with van der Waals surface area (Å²) >= 11 is 0.878. The van der Waals surface area contributed by atoms with Gasteiger partial charge in [0.2, 0.25) is 5.91 Å². The molecule has 0 radical (unpaired) electrons. The lowest BCUT2D eigenvalue weighted by Crippen LogP contribution is -2.36. The monoisotopic (exact) mass is 556 g/mol. The molecule has 5 rings (SSSR count). The summed E-state index contributed by atoms with van der Waals surface area (Å²) in [7, 11) is 0. The Morgan fingerprint density at radius 1 is 1.18 bits per heavy atom. The SMILES string of the molecule is CC(C)CCCNc1ccc(-c2nnc(C(F)F)s2)nc1C1CCN(c2ncnc3c2C(C)(C)C(=O)N3)CC1. The highest BCUT2D eigenvalue weighted by molar-refractivity contribution is 7.14. The Kier molecular flexibility index (Phi) is 7.75. The molecule has 2 aliphatic rings. The van der Waals surface area contributed by atoms with Crippen LogP contribution in [0, 0.1) is 5.92 Å². The van der Waals surface area contributed by atoms with Gasteiger partial charge in [0.15, 0.2) is 10.0 Å². The molecule has 0 aromatic carbocycles. The molecule has 2 N–H and O–H groups in total. The second-order valence-corrected chi connectivity index (χ2v) is 12.1. The summed E-state index contributed by atoms with van der Waals surface area (Å²) in [6.45, 7) is 10.5. The highest BCUT2D eigenvalue weighted by atomic mass is 32.1. The zero-order valence-electron chi connectivity index (χ0n) is 22.7. The van der Waals surface area contributed by atoms with E-state index in [-0.39, 0.29) is 16.8 Å². The molecule has 2 aliphatic heterocycles. The van der Waals surface area contributed by atoms with E-state index in [1.807, 2.05) is 26.0 Å². The molecular formula is C27H34F2N8OS. The molecule has 0 atom stereocenters. The molecule has 0 saturated carbocycles. The van der Waals surface area contributed by atoms with E-state index in [1.54, 1.807) is 0 Å². The van der Waals surface area contributed by atoms with Gasteiger partial charge in [-0.05, 0) is 57.6 Å². The highest BCUT2D eigenvalue weighted by Gasteiger charge is 2.43. The van der Waals surface area contributed by atoms with Crippen LogP contribution < -0.4 is 15.5 Å². The van der Waals surface area contributed by atoms with Gasteiger partial charge in [-0.25, -0.2) is 23.7 Å². The van der Waals surface area contributed by atoms with Gasteiger partial charge >= 0.3 is 0 Å². The van der Waals surface area contributed by atoms with Crippen LogP contribution in [-0.4, -0.2) is 50.7 Å². The molecule has 5 heterocycles. The third-order valence-electron chi connectivity index (χ3n) is 7.48. The van der Waals surface area contributed by atoms with Crippen molar-refractivity contribution in [3.05, 3.63) is 34.7 Å². The van der Waals surface area contributed by atoms with Gasteiger partial charge in [0.05, 0.1) is 22.4 Å². The Labute approximate surface area is 230 Å². The van der Waals surface area contributed by atoms with Crippen molar-refractivity contribution in [3.8, 4) is 10.7 Å². The number of nitrogens with zero attached hydrogens (tertiary/aromatic N) is 6. The number of amides is 1. The van der Waals surface area contributed by atoms with Gasteiger partial charge in [0.25, 0.3) is 6.43 Å². The van der Waals surface area contributed by atoms with Gasteiger partial charge in [-0.2, -0.15) is 0 Å². The lowest BCUT2D eigenvalue weighted by molar-refractivity contribution is -0.119. The first kappa shape index (κ1) is 27.3. The van der Waals surface area contributed by atoms with Crippen molar-refractivity contribution in [2.75, 3.05) is 35.2 Å². The molecule has 9 nitrogen and oxygen atoms in total. The molecule has 0 aliphatic carbocycles. The van der Waals surface area contributed by atoms with Crippen LogP contribution >= 0.6 is 11.3 Å². The predicted octanol–water partition coefficient (Wildman–Crippen LogP) is 5.79. The lowest BCUT2D eigenvalue weighted by atomic mass is 9.86. The third kappa shape index (κ3) is 5.57. The number of pyridine rings is 1. The summed E-state index contributed by atoms with van der Waals surface area (Å²) in [6.07, 6.45) is 2.69. The maximum absolute atomic E-state index is 13.1. The number of anilines is 3. The van der Waals surface area contributed by atoms with Gasteiger partial charge in [0.1, 0.15) is 23.7 Å². The molecule has 1 saturated heterocycles. The van der Waals surface area contributed by atoms with Crippen LogP contribution in [0.4, 0.5) is 26.1 Å². The van der Waals surface area contributed by atoms with E-state index in [2.05, 4.69) is 49.5 Å². The van der Waals surface area contributed by atoms with E-state index in [0.29, 0.717) is 22.4 Å². The maximum atomic E-state index is 13.1. The molecule has 0 spiro atoms. The summed E-state index contributed by atoms with van der Waals surface area (Å²) in [5.74, 6) is 2.11. The zero-order valence-corrected chi connectivity index (χ0v) is 23.5. The Bertz CT molecular complexity index is 1340. The van der Waals surface area contributed by atoms with Crippen molar-refractivity contribution in [3.63, 3.8) is 0 Å². The number of alkyl halides is 2. The van der Waals surface area contributed by atoms with Crippen molar-refractivity contribution < 1.29 is 13.6 Å². The molecule has 1 fully saturated rings. The second kappa shape index (κ2) is 11.1. The maximum Gasteiger partial charge on any atom is 0.291 e. The average Bonchev–Trinajstić information content (AvgIpc) is 3.50. The summed E-state index contributed by atoms with van der Waals surface area (Å²) in [4.78, 5) is 28.6. The third-order valence-corrected chi connectivity index (χ3v) is 8.43. The lowest BCUT2D eigenvalue weighted by Gasteiger charge is -2.35. The Morgan fingerprint density at radius 2 is 1.95 bits per heavy atom. The smallest absolute Gasteiger partial charge is 0.291 e. The minimum absolute atomic E-state index is 0.0741. The van der Waals surface area contributed by atoms with Crippen molar-refractivity contribution in [2.45, 2.75) is 71.1 Å². The van der Waals surface area contributed by atoms with Crippen LogP contribution in [0.1, 0.15) is 82.0 Å². The number of halogens is 2. The molecule has 3 aromatic heterocycles. The topological polar surface area (TPSA) is 109 Å². The van der Waals surface area contributed by atoms with Crippen LogP contribution in [-0.2, 0) is 10.2 Å². The van der Waals surface area contributed by atoms with Crippen molar-refractivity contribution in [2.24, 2.45) is 5.92 Å². The fourth-order valence-corrected chi connectivity index (χ4v) is 5.91. The molecule has 0 bridgehead atoms. The van der Waals surface area contributed by atoms with Crippen LogP contribution in [0.25, 0.3) is 10.7 Å². The minimum atomic E-state index is -2.65. The Balaban J connectivity index is 1.38. The average molecular weight is 557 g/mol. The first-order chi connectivity index (χ1) is 18.6. The zero-order chi connectivity index (χ0) is 27.7. The quantitative estimate of drug-likeness (QED) is 0.319. The Hall–Kier alpha value is -3.28. The molecule has 0 unspecified atom stereocenters. The van der Waals surface area contributed by atoms with Gasteiger partial charge in [0, 0.05) is 25.6 Å².